The molecule has 2 N–H and O–H groups in total. The molecule has 0 aromatic heterocycles. The summed E-state index contributed by atoms with van der Waals surface area (Å²) in [6.07, 6.45) is 0. The summed E-state index contributed by atoms with van der Waals surface area (Å²) in [4.78, 5) is 2.06. The van der Waals surface area contributed by atoms with Crippen molar-refractivity contribution >= 4 is 17.4 Å². The van der Waals surface area contributed by atoms with E-state index in [1.807, 2.05) is 18.2 Å². The molecule has 17 heavy (non-hydrogen) atoms. The first-order valence-corrected chi connectivity index (χ1v) is 6.05. The quantitative estimate of drug-likeness (QED) is 0.816. The first kappa shape index (κ1) is 11.6. The van der Waals surface area contributed by atoms with Crippen molar-refractivity contribution in [1.82, 2.24) is 0 Å². The molecule has 0 radical (unpaired) electrons. The van der Waals surface area contributed by atoms with E-state index in [0.717, 1.165) is 9.79 Å². The Labute approximate surface area is 105 Å². The molecule has 0 saturated carbocycles. The lowest BCUT2D eigenvalue weighted by molar-refractivity contribution is 1.34. The van der Waals surface area contributed by atoms with Crippen LogP contribution in [0.15, 0.2) is 52.3 Å². The Hall–Kier alpha value is -1.92. The van der Waals surface area contributed by atoms with Crippen LogP contribution in [0.25, 0.3) is 0 Å². The van der Waals surface area contributed by atoms with Crippen LogP contribution >= 0.6 is 11.8 Å². The van der Waals surface area contributed by atoms with Crippen molar-refractivity contribution in [2.45, 2.75) is 16.7 Å². The van der Waals surface area contributed by atoms with Gasteiger partial charge in [-0.25, -0.2) is 0 Å². The van der Waals surface area contributed by atoms with E-state index in [1.54, 1.807) is 23.9 Å². The van der Waals surface area contributed by atoms with Crippen LogP contribution in [-0.4, -0.2) is 0 Å². The minimum absolute atomic E-state index is 0.634. The molecule has 0 bridgehead atoms. The van der Waals surface area contributed by atoms with Crippen LogP contribution in [0.2, 0.25) is 0 Å². The predicted molar refractivity (Wildman–Crippen MR) is 70.9 cm³/mol. The molecule has 2 aromatic carbocycles. The van der Waals surface area contributed by atoms with E-state index in [9.17, 15) is 0 Å². The number of nitrogen functional groups attached to an aromatic ring is 1. The Morgan fingerprint density at radius 1 is 1.18 bits per heavy atom. The maximum Gasteiger partial charge on any atom is 0.0992 e. The molecule has 0 aliphatic carbocycles. The summed E-state index contributed by atoms with van der Waals surface area (Å²) in [6, 6.07) is 15.7. The van der Waals surface area contributed by atoms with Crippen LogP contribution in [0, 0.1) is 18.3 Å². The van der Waals surface area contributed by atoms with Crippen LogP contribution in [0.4, 0.5) is 5.69 Å². The summed E-state index contributed by atoms with van der Waals surface area (Å²) in [7, 11) is 0. The average molecular weight is 240 g/mol. The monoisotopic (exact) mass is 240 g/mol. The third-order valence-corrected chi connectivity index (χ3v) is 3.42. The highest BCUT2D eigenvalue weighted by molar-refractivity contribution is 7.99. The highest BCUT2D eigenvalue weighted by Crippen LogP contribution is 2.32. The van der Waals surface area contributed by atoms with Gasteiger partial charge in [-0.2, -0.15) is 5.26 Å². The fourth-order valence-electron chi connectivity index (χ4n) is 1.50. The summed E-state index contributed by atoms with van der Waals surface area (Å²) in [5.74, 6) is 0. The van der Waals surface area contributed by atoms with Crippen molar-refractivity contribution < 1.29 is 0 Å². The van der Waals surface area contributed by atoms with E-state index >= 15 is 0 Å². The van der Waals surface area contributed by atoms with Gasteiger partial charge in [0, 0.05) is 15.5 Å². The highest BCUT2D eigenvalue weighted by Gasteiger charge is 2.03. The number of nitrogens with zero attached hydrogens (tertiary/aromatic N) is 1. The molecule has 0 atom stereocenters. The van der Waals surface area contributed by atoms with Gasteiger partial charge in [0.1, 0.15) is 0 Å². The third kappa shape index (κ3) is 2.80. The van der Waals surface area contributed by atoms with Crippen molar-refractivity contribution in [1.29, 1.82) is 5.26 Å². The molecule has 2 nitrogen and oxygen atoms in total. The summed E-state index contributed by atoms with van der Waals surface area (Å²) in [5.41, 5.74) is 8.45. The van der Waals surface area contributed by atoms with Gasteiger partial charge in [0.05, 0.1) is 11.6 Å². The lowest BCUT2D eigenvalue weighted by Gasteiger charge is -2.06. The van der Waals surface area contributed by atoms with Crippen LogP contribution in [0.1, 0.15) is 11.1 Å². The van der Waals surface area contributed by atoms with Gasteiger partial charge in [-0.15, -0.1) is 0 Å². The molecule has 0 amide bonds. The molecular formula is C14H12N2S. The molecule has 3 heteroatoms. The maximum absolute atomic E-state index is 8.86. The molecule has 0 saturated heterocycles. The number of anilines is 1. The Balaban J connectivity index is 2.33. The average Bonchev–Trinajstić information content (AvgIpc) is 2.32. The van der Waals surface area contributed by atoms with E-state index < -0.39 is 0 Å². The molecule has 2 aromatic rings. The molecule has 0 spiro atoms. The minimum atomic E-state index is 0.634. The Bertz CT molecular complexity index is 585. The molecular weight excluding hydrogens is 228 g/mol. The minimum Gasteiger partial charge on any atom is -0.398 e. The Kier molecular flexibility index (Phi) is 3.36. The number of nitrogens with two attached hydrogens (primary N) is 1. The van der Waals surface area contributed by atoms with Gasteiger partial charge in [-0.3, -0.25) is 0 Å². The molecule has 2 rings (SSSR count). The van der Waals surface area contributed by atoms with Crippen LogP contribution in [0.5, 0.6) is 0 Å². The lowest BCUT2D eigenvalue weighted by atomic mass is 10.2. The maximum atomic E-state index is 8.86. The van der Waals surface area contributed by atoms with E-state index in [1.165, 1.54) is 5.56 Å². The second-order valence-corrected chi connectivity index (χ2v) is 4.90. The molecule has 0 unspecified atom stereocenters. The third-order valence-electron chi connectivity index (χ3n) is 2.36. The largest absolute Gasteiger partial charge is 0.398 e. The van der Waals surface area contributed by atoms with Gasteiger partial charge < -0.3 is 5.73 Å². The zero-order valence-corrected chi connectivity index (χ0v) is 10.3. The molecule has 0 heterocycles. The van der Waals surface area contributed by atoms with Gasteiger partial charge in [0.15, 0.2) is 0 Å². The molecule has 0 aliphatic rings. The fraction of sp³-hybridized carbons (Fsp3) is 0.0714. The predicted octanol–water partition coefficient (Wildman–Crippen LogP) is 3.60. The smallest absolute Gasteiger partial charge is 0.0992 e. The van der Waals surface area contributed by atoms with Crippen molar-refractivity contribution in [3.8, 4) is 6.07 Å². The topological polar surface area (TPSA) is 49.8 Å². The van der Waals surface area contributed by atoms with Crippen molar-refractivity contribution in [3.05, 3.63) is 53.6 Å². The first-order chi connectivity index (χ1) is 8.19. The van der Waals surface area contributed by atoms with Crippen molar-refractivity contribution in [3.63, 3.8) is 0 Å². The van der Waals surface area contributed by atoms with Crippen LogP contribution < -0.4 is 5.73 Å². The summed E-state index contributed by atoms with van der Waals surface area (Å²) in [6.45, 7) is 2.05. The van der Waals surface area contributed by atoms with Gasteiger partial charge in [0.25, 0.3) is 0 Å². The SMILES string of the molecule is Cc1cccc(Sc2cc(C#N)ccc2N)c1. The number of rotatable bonds is 2. The van der Waals surface area contributed by atoms with E-state index in [-0.39, 0.29) is 0 Å². The number of aryl methyl sites for hydroxylation is 1. The second-order valence-electron chi connectivity index (χ2n) is 3.78. The lowest BCUT2D eigenvalue weighted by Crippen LogP contribution is -1.89. The van der Waals surface area contributed by atoms with Crippen molar-refractivity contribution in [2.24, 2.45) is 0 Å². The molecule has 0 aliphatic heterocycles. The first-order valence-electron chi connectivity index (χ1n) is 5.23. The number of benzene rings is 2. The van der Waals surface area contributed by atoms with E-state index in [2.05, 4.69) is 25.1 Å². The van der Waals surface area contributed by atoms with Gasteiger partial charge in [0.2, 0.25) is 0 Å². The fourth-order valence-corrected chi connectivity index (χ4v) is 2.52. The molecule has 0 fully saturated rings. The van der Waals surface area contributed by atoms with Gasteiger partial charge in [-0.05, 0) is 37.3 Å². The van der Waals surface area contributed by atoms with Crippen LogP contribution in [0.3, 0.4) is 0 Å². The van der Waals surface area contributed by atoms with Gasteiger partial charge in [-0.1, -0.05) is 29.5 Å². The Morgan fingerprint density at radius 3 is 2.71 bits per heavy atom. The number of hydrogen-bond acceptors (Lipinski definition) is 3. The molecule has 84 valence electrons. The zero-order chi connectivity index (χ0) is 12.3. The second kappa shape index (κ2) is 4.94. The van der Waals surface area contributed by atoms with E-state index in [0.29, 0.717) is 11.3 Å². The number of hydrogen-bond donors (Lipinski definition) is 1. The van der Waals surface area contributed by atoms with Crippen molar-refractivity contribution in [2.75, 3.05) is 5.73 Å². The zero-order valence-electron chi connectivity index (χ0n) is 9.47. The van der Waals surface area contributed by atoms with Crippen LogP contribution in [-0.2, 0) is 0 Å². The summed E-state index contributed by atoms with van der Waals surface area (Å²) in [5, 5.41) is 8.86. The standard InChI is InChI=1S/C14H12N2S/c1-10-3-2-4-12(7-10)17-14-8-11(9-15)5-6-13(14)16/h2-8H,16H2,1H3. The normalized spacial score (nSPS) is 9.88. The van der Waals surface area contributed by atoms with E-state index in [4.69, 9.17) is 11.0 Å². The van der Waals surface area contributed by atoms with Gasteiger partial charge >= 0.3 is 0 Å². The number of nitriles is 1. The summed E-state index contributed by atoms with van der Waals surface area (Å²) >= 11 is 1.58. The Morgan fingerprint density at radius 2 is 2.00 bits per heavy atom. The summed E-state index contributed by atoms with van der Waals surface area (Å²) < 4.78 is 0. The highest BCUT2D eigenvalue weighted by atomic mass is 32.2.